The Bertz CT molecular complexity index is 376. The Hall–Kier alpha value is 1.14. The molecule has 160 valence electrons. The van der Waals surface area contributed by atoms with E-state index in [2.05, 4.69) is 105 Å². The molecule has 0 bridgehead atoms. The first-order valence-corrected chi connectivity index (χ1v) is 28.9. The molecular formula is C16H48O4Si6. The highest BCUT2D eigenvalue weighted by Crippen LogP contribution is 2.23. The molecule has 10 heteroatoms. The molecule has 0 aromatic carbocycles. The van der Waals surface area contributed by atoms with Crippen LogP contribution in [0.1, 0.15) is 0 Å². The molecule has 0 unspecified atom stereocenters. The van der Waals surface area contributed by atoms with Gasteiger partial charge in [0.15, 0.2) is 33.3 Å². The van der Waals surface area contributed by atoms with E-state index in [1.165, 1.54) is 0 Å². The van der Waals surface area contributed by atoms with Crippen LogP contribution in [0.2, 0.25) is 105 Å². The molecule has 4 nitrogen and oxygen atoms in total. The molecule has 0 saturated heterocycles. The second-order valence-electron chi connectivity index (χ2n) is 11.7. The maximum Gasteiger partial charge on any atom is 0.312 e. The van der Waals surface area contributed by atoms with Crippen molar-refractivity contribution < 1.29 is 16.5 Å². The smallest absolute Gasteiger partial charge is 0.312 e. The highest BCUT2D eigenvalue weighted by Gasteiger charge is 2.41. The first kappa shape index (κ1) is 29.3. The minimum atomic E-state index is -2.05. The van der Waals surface area contributed by atoms with E-state index in [-0.39, 0.29) is 0 Å². The van der Waals surface area contributed by atoms with Crippen molar-refractivity contribution >= 4 is 50.4 Å². The third-order valence-electron chi connectivity index (χ3n) is 2.21. The maximum atomic E-state index is 6.28. The van der Waals surface area contributed by atoms with Gasteiger partial charge in [0.2, 0.25) is 0 Å². The van der Waals surface area contributed by atoms with Gasteiger partial charge < -0.3 is 16.5 Å². The van der Waals surface area contributed by atoms with Crippen molar-refractivity contribution in [2.75, 3.05) is 0 Å². The predicted molar refractivity (Wildman–Crippen MR) is 133 cm³/mol. The Kier molecular flexibility index (Phi) is 11.0. The van der Waals surface area contributed by atoms with Crippen LogP contribution in [0.5, 0.6) is 0 Å². The molecule has 0 aromatic heterocycles. The van der Waals surface area contributed by atoms with Crippen LogP contribution in [-0.4, -0.2) is 50.4 Å². The van der Waals surface area contributed by atoms with E-state index in [9.17, 15) is 0 Å². The van der Waals surface area contributed by atoms with Crippen LogP contribution < -0.4 is 0 Å². The molecule has 0 aliphatic rings. The van der Waals surface area contributed by atoms with Gasteiger partial charge in [0.1, 0.15) is 0 Å². The molecule has 0 amide bonds. The summed E-state index contributed by atoms with van der Waals surface area (Å²) in [6.07, 6.45) is 0. The maximum absolute atomic E-state index is 6.28. The lowest BCUT2D eigenvalue weighted by Gasteiger charge is -2.39. The van der Waals surface area contributed by atoms with Crippen LogP contribution in [0.3, 0.4) is 0 Å². The SMILES string of the molecule is C[Si](C)(C)O[Si](C)(C)C.C[Si](C)(C)O[Si](C)(C)O[Si](C)(C)O[Si](C)(C)C. The van der Waals surface area contributed by atoms with Crippen molar-refractivity contribution in [1.29, 1.82) is 0 Å². The molecule has 0 spiro atoms. The van der Waals surface area contributed by atoms with E-state index < -0.39 is 50.4 Å². The predicted octanol–water partition coefficient (Wildman–Crippen LogP) is 6.78. The first-order valence-electron chi connectivity index (χ1n) is 9.63. The third-order valence-corrected chi connectivity index (χ3v) is 19.9. The van der Waals surface area contributed by atoms with Crippen LogP contribution in [0.25, 0.3) is 0 Å². The second-order valence-corrected chi connectivity index (χ2v) is 37.4. The van der Waals surface area contributed by atoms with Crippen molar-refractivity contribution in [3.63, 3.8) is 0 Å². The van der Waals surface area contributed by atoms with Crippen molar-refractivity contribution in [3.8, 4) is 0 Å². The summed E-state index contributed by atoms with van der Waals surface area (Å²) in [5.74, 6) is 0. The number of rotatable bonds is 8. The van der Waals surface area contributed by atoms with Crippen molar-refractivity contribution in [2.45, 2.75) is 105 Å². The summed E-state index contributed by atoms with van der Waals surface area (Å²) in [5.41, 5.74) is 0. The lowest BCUT2D eigenvalue weighted by Crippen LogP contribution is -2.55. The fraction of sp³-hybridized carbons (Fsp3) is 1.00. The fourth-order valence-corrected chi connectivity index (χ4v) is 28.0. The summed E-state index contributed by atoms with van der Waals surface area (Å²) in [5, 5.41) is 0. The van der Waals surface area contributed by atoms with Crippen molar-refractivity contribution in [3.05, 3.63) is 0 Å². The van der Waals surface area contributed by atoms with Crippen molar-refractivity contribution in [1.82, 2.24) is 0 Å². The van der Waals surface area contributed by atoms with Crippen LogP contribution in [-0.2, 0) is 16.5 Å². The Balaban J connectivity index is 0. The molecule has 0 rings (SSSR count). The van der Waals surface area contributed by atoms with Gasteiger partial charge in [-0.3, -0.25) is 0 Å². The fourth-order valence-electron chi connectivity index (χ4n) is 3.03. The standard InChI is InChI=1S/C10H30O3Si4.C6H18OSi2/c1-14(2,3)11-16(7,8)13-17(9,10)12-15(4,5)6;1-8(2,3)7-9(4,5)6/h1-10H3;1-6H3. The van der Waals surface area contributed by atoms with Gasteiger partial charge in [-0.25, -0.2) is 0 Å². The van der Waals surface area contributed by atoms with Gasteiger partial charge in [-0.1, -0.05) is 0 Å². The lowest BCUT2D eigenvalue weighted by atomic mass is 11.8. The summed E-state index contributed by atoms with van der Waals surface area (Å²) in [4.78, 5) is 0. The molecule has 0 radical (unpaired) electrons. The zero-order chi connectivity index (χ0) is 21.8. The third kappa shape index (κ3) is 23.2. The molecule has 0 fully saturated rings. The second kappa shape index (κ2) is 9.76. The molecule has 0 aromatic rings. The van der Waals surface area contributed by atoms with Crippen LogP contribution in [0.15, 0.2) is 0 Å². The molecule has 0 heterocycles. The largest absolute Gasteiger partial charge is 0.456 e. The molecule has 0 atom stereocenters. The summed E-state index contributed by atoms with van der Waals surface area (Å²) >= 11 is 0. The Labute approximate surface area is 171 Å². The molecular weight excluding hydrogens is 425 g/mol. The zero-order valence-electron chi connectivity index (χ0n) is 20.6. The molecule has 0 saturated carbocycles. The normalized spacial score (nSPS) is 14.8. The van der Waals surface area contributed by atoms with Gasteiger partial charge in [0, 0.05) is 0 Å². The zero-order valence-corrected chi connectivity index (χ0v) is 26.6. The van der Waals surface area contributed by atoms with Gasteiger partial charge in [-0.2, -0.15) is 0 Å². The summed E-state index contributed by atoms with van der Waals surface area (Å²) in [6, 6.07) is 0. The molecule has 26 heavy (non-hydrogen) atoms. The summed E-state index contributed by atoms with van der Waals surface area (Å²) < 4.78 is 24.6. The minimum absolute atomic E-state index is 1.23. The van der Waals surface area contributed by atoms with E-state index in [4.69, 9.17) is 16.5 Å². The lowest BCUT2D eigenvalue weighted by molar-refractivity contribution is 0.331. The number of hydrogen-bond donors (Lipinski definition) is 0. The van der Waals surface area contributed by atoms with E-state index in [0.717, 1.165) is 0 Å². The van der Waals surface area contributed by atoms with Gasteiger partial charge in [0.05, 0.1) is 0 Å². The monoisotopic (exact) mass is 472 g/mol. The van der Waals surface area contributed by atoms with E-state index in [0.29, 0.717) is 0 Å². The minimum Gasteiger partial charge on any atom is -0.456 e. The number of hydrogen-bond acceptors (Lipinski definition) is 4. The Morgan fingerprint density at radius 3 is 0.577 bits per heavy atom. The van der Waals surface area contributed by atoms with Gasteiger partial charge >= 0.3 is 17.1 Å². The summed E-state index contributed by atoms with van der Waals surface area (Å²) in [6.45, 7) is 35.2. The van der Waals surface area contributed by atoms with Crippen LogP contribution in [0.4, 0.5) is 0 Å². The molecule has 0 N–H and O–H groups in total. The topological polar surface area (TPSA) is 36.9 Å². The first-order chi connectivity index (χ1) is 10.8. The van der Waals surface area contributed by atoms with Gasteiger partial charge in [-0.05, 0) is 105 Å². The summed E-state index contributed by atoms with van der Waals surface area (Å²) in [7, 11) is -9.64. The van der Waals surface area contributed by atoms with Gasteiger partial charge in [0.25, 0.3) is 0 Å². The van der Waals surface area contributed by atoms with Crippen LogP contribution >= 0.6 is 0 Å². The van der Waals surface area contributed by atoms with E-state index >= 15 is 0 Å². The van der Waals surface area contributed by atoms with Crippen molar-refractivity contribution in [2.24, 2.45) is 0 Å². The highest BCUT2D eigenvalue weighted by atomic mass is 28.5. The molecule has 0 aliphatic heterocycles. The average molecular weight is 473 g/mol. The van der Waals surface area contributed by atoms with Gasteiger partial charge in [-0.15, -0.1) is 0 Å². The Morgan fingerprint density at radius 1 is 0.269 bits per heavy atom. The average Bonchev–Trinajstić information content (AvgIpc) is 1.97. The quantitative estimate of drug-likeness (QED) is 0.365. The Morgan fingerprint density at radius 2 is 0.462 bits per heavy atom. The van der Waals surface area contributed by atoms with E-state index in [1.54, 1.807) is 0 Å². The highest BCUT2D eigenvalue weighted by molar-refractivity contribution is 6.89. The van der Waals surface area contributed by atoms with Crippen LogP contribution in [0, 0.1) is 0 Å². The van der Waals surface area contributed by atoms with E-state index in [1.807, 2.05) is 0 Å². The molecule has 0 aliphatic carbocycles.